The van der Waals surface area contributed by atoms with Gasteiger partial charge in [0.05, 0.1) is 17.3 Å². The van der Waals surface area contributed by atoms with Gasteiger partial charge in [-0.3, -0.25) is 5.32 Å². The predicted molar refractivity (Wildman–Crippen MR) is 109 cm³/mol. The highest BCUT2D eigenvalue weighted by Crippen LogP contribution is 2.24. The number of benzene rings is 2. The summed E-state index contributed by atoms with van der Waals surface area (Å²) >= 11 is 0. The van der Waals surface area contributed by atoms with E-state index in [-0.39, 0.29) is 0 Å². The Hall–Kier alpha value is -3.74. The molecule has 0 unspecified atom stereocenters. The van der Waals surface area contributed by atoms with Crippen molar-refractivity contribution in [1.82, 2.24) is 9.78 Å². The van der Waals surface area contributed by atoms with Gasteiger partial charge in [-0.25, -0.2) is 9.48 Å². The van der Waals surface area contributed by atoms with Crippen molar-refractivity contribution in [1.29, 1.82) is 10.8 Å². The molecule has 0 aliphatic rings. The van der Waals surface area contributed by atoms with Gasteiger partial charge in [-0.2, -0.15) is 5.10 Å². The SMILES string of the molecule is CC(=N)C(C(C)=N)c1cc(NC(=O)Oc2ccccc2)n(-c2ccccc2)n1. The van der Waals surface area contributed by atoms with Crippen LogP contribution in [0.2, 0.25) is 0 Å². The summed E-state index contributed by atoms with van der Waals surface area (Å²) in [6, 6.07) is 19.8. The van der Waals surface area contributed by atoms with Crippen LogP contribution in [0.1, 0.15) is 25.5 Å². The van der Waals surface area contributed by atoms with Crippen LogP contribution in [0.5, 0.6) is 5.75 Å². The Morgan fingerprint density at radius 3 is 2.14 bits per heavy atom. The highest BCUT2D eigenvalue weighted by atomic mass is 16.6. The molecule has 3 rings (SSSR count). The molecule has 0 saturated heterocycles. The lowest BCUT2D eigenvalue weighted by Gasteiger charge is -2.11. The molecular formula is C21H21N5O2. The molecule has 0 atom stereocenters. The van der Waals surface area contributed by atoms with Gasteiger partial charge in [0.25, 0.3) is 0 Å². The minimum atomic E-state index is -0.649. The number of para-hydroxylation sites is 2. The zero-order valence-corrected chi connectivity index (χ0v) is 15.6. The first kappa shape index (κ1) is 19.0. The second-order valence-corrected chi connectivity index (χ2v) is 6.33. The molecule has 7 nitrogen and oxygen atoms in total. The van der Waals surface area contributed by atoms with E-state index in [9.17, 15) is 4.79 Å². The second-order valence-electron chi connectivity index (χ2n) is 6.33. The van der Waals surface area contributed by atoms with Crippen molar-refractivity contribution >= 4 is 23.3 Å². The molecule has 0 saturated carbocycles. The number of amides is 1. The number of carbonyl (C=O) groups excluding carboxylic acids is 1. The van der Waals surface area contributed by atoms with Gasteiger partial charge in [0, 0.05) is 17.5 Å². The molecule has 1 heterocycles. The number of hydrogen-bond acceptors (Lipinski definition) is 5. The predicted octanol–water partition coefficient (Wildman–Crippen LogP) is 4.65. The Morgan fingerprint density at radius 1 is 1.00 bits per heavy atom. The van der Waals surface area contributed by atoms with Crippen molar-refractivity contribution in [3.8, 4) is 11.4 Å². The molecule has 1 aromatic heterocycles. The van der Waals surface area contributed by atoms with Crippen LogP contribution in [-0.2, 0) is 0 Å². The number of nitrogens with zero attached hydrogens (tertiary/aromatic N) is 2. The van der Waals surface area contributed by atoms with Gasteiger partial charge >= 0.3 is 6.09 Å². The van der Waals surface area contributed by atoms with Gasteiger partial charge < -0.3 is 15.6 Å². The van der Waals surface area contributed by atoms with Crippen molar-refractivity contribution in [2.45, 2.75) is 19.8 Å². The van der Waals surface area contributed by atoms with E-state index in [0.717, 1.165) is 5.69 Å². The first-order valence-corrected chi connectivity index (χ1v) is 8.75. The van der Waals surface area contributed by atoms with Crippen molar-refractivity contribution in [2.75, 3.05) is 5.32 Å². The smallest absolute Gasteiger partial charge is 0.410 e. The third-order valence-corrected chi connectivity index (χ3v) is 4.07. The van der Waals surface area contributed by atoms with E-state index in [1.165, 1.54) is 0 Å². The minimum absolute atomic E-state index is 0.309. The molecule has 3 aromatic rings. The first-order valence-electron chi connectivity index (χ1n) is 8.75. The van der Waals surface area contributed by atoms with Crippen LogP contribution < -0.4 is 10.1 Å². The number of hydrogen-bond donors (Lipinski definition) is 3. The van der Waals surface area contributed by atoms with Gasteiger partial charge in [-0.15, -0.1) is 0 Å². The maximum atomic E-state index is 12.4. The maximum absolute atomic E-state index is 12.4. The van der Waals surface area contributed by atoms with E-state index < -0.39 is 12.0 Å². The van der Waals surface area contributed by atoms with Crippen LogP contribution in [0.25, 0.3) is 5.69 Å². The number of aromatic nitrogens is 2. The molecule has 7 heteroatoms. The summed E-state index contributed by atoms with van der Waals surface area (Å²) in [5.41, 5.74) is 1.87. The number of anilines is 1. The summed E-state index contributed by atoms with van der Waals surface area (Å²) in [5, 5.41) is 23.2. The van der Waals surface area contributed by atoms with E-state index in [2.05, 4.69) is 10.4 Å². The quantitative estimate of drug-likeness (QED) is 0.546. The minimum Gasteiger partial charge on any atom is -0.410 e. The fraction of sp³-hybridized carbons (Fsp3) is 0.143. The highest BCUT2D eigenvalue weighted by Gasteiger charge is 2.23. The van der Waals surface area contributed by atoms with Crippen molar-refractivity contribution in [3.63, 3.8) is 0 Å². The lowest BCUT2D eigenvalue weighted by molar-refractivity contribution is 0.215. The first-order chi connectivity index (χ1) is 13.5. The molecule has 2 aromatic carbocycles. The number of ether oxygens (including phenoxy) is 1. The van der Waals surface area contributed by atoms with E-state index in [0.29, 0.717) is 28.7 Å². The molecule has 3 N–H and O–H groups in total. The Balaban J connectivity index is 1.95. The summed E-state index contributed by atoms with van der Waals surface area (Å²) in [6.45, 7) is 3.28. The average molecular weight is 375 g/mol. The van der Waals surface area contributed by atoms with Crippen LogP contribution in [0.3, 0.4) is 0 Å². The summed E-state index contributed by atoms with van der Waals surface area (Å²) in [5.74, 6) is 0.278. The normalized spacial score (nSPS) is 11.5. The molecule has 1 amide bonds. The van der Waals surface area contributed by atoms with Crippen molar-refractivity contribution in [2.24, 2.45) is 0 Å². The zero-order valence-electron chi connectivity index (χ0n) is 15.6. The number of carbonyl (C=O) groups is 1. The lowest BCUT2D eigenvalue weighted by atomic mass is 9.96. The summed E-state index contributed by atoms with van der Waals surface area (Å²) in [7, 11) is 0. The lowest BCUT2D eigenvalue weighted by Crippen LogP contribution is -2.19. The Morgan fingerprint density at radius 2 is 1.57 bits per heavy atom. The fourth-order valence-corrected chi connectivity index (χ4v) is 2.89. The highest BCUT2D eigenvalue weighted by molar-refractivity contribution is 6.07. The second kappa shape index (κ2) is 8.30. The summed E-state index contributed by atoms with van der Waals surface area (Å²) in [6.07, 6.45) is -0.649. The standard InChI is InChI=1S/C21H21N5O2/c1-14(22)20(15(2)23)18-13-19(26(25-18)16-9-5-3-6-10-16)24-21(27)28-17-11-7-4-8-12-17/h3-13,20,22-23H,1-2H3,(H,24,27). The zero-order chi connectivity index (χ0) is 20.1. The molecule has 28 heavy (non-hydrogen) atoms. The molecule has 0 bridgehead atoms. The van der Waals surface area contributed by atoms with Crippen molar-refractivity contribution in [3.05, 3.63) is 72.4 Å². The fourth-order valence-electron chi connectivity index (χ4n) is 2.89. The molecule has 0 fully saturated rings. The summed E-state index contributed by atoms with van der Waals surface area (Å²) < 4.78 is 6.87. The van der Waals surface area contributed by atoms with Crippen LogP contribution in [-0.4, -0.2) is 27.3 Å². The van der Waals surface area contributed by atoms with E-state index >= 15 is 0 Å². The molecule has 0 radical (unpaired) electrons. The van der Waals surface area contributed by atoms with Crippen LogP contribution in [0, 0.1) is 10.8 Å². The Bertz CT molecular complexity index is 982. The van der Waals surface area contributed by atoms with Gasteiger partial charge in [0.2, 0.25) is 0 Å². The van der Waals surface area contributed by atoms with E-state index in [4.69, 9.17) is 15.6 Å². The van der Waals surface area contributed by atoms with Crippen LogP contribution in [0.15, 0.2) is 66.7 Å². The van der Waals surface area contributed by atoms with Crippen molar-refractivity contribution < 1.29 is 9.53 Å². The molecule has 0 aliphatic heterocycles. The third kappa shape index (κ3) is 4.32. The van der Waals surface area contributed by atoms with Gasteiger partial charge in [0.15, 0.2) is 0 Å². The Kier molecular flexibility index (Phi) is 5.64. The maximum Gasteiger partial charge on any atom is 0.418 e. The van der Waals surface area contributed by atoms with E-state index in [1.54, 1.807) is 48.9 Å². The molecule has 142 valence electrons. The molecule has 0 aliphatic carbocycles. The monoisotopic (exact) mass is 375 g/mol. The molecular weight excluding hydrogens is 354 g/mol. The number of rotatable bonds is 6. The Labute approximate surface area is 163 Å². The molecule has 0 spiro atoms. The van der Waals surface area contributed by atoms with Gasteiger partial charge in [-0.1, -0.05) is 36.4 Å². The third-order valence-electron chi connectivity index (χ3n) is 4.07. The average Bonchev–Trinajstić information content (AvgIpc) is 3.05. The summed E-state index contributed by atoms with van der Waals surface area (Å²) in [4.78, 5) is 12.4. The van der Waals surface area contributed by atoms with E-state index in [1.807, 2.05) is 36.4 Å². The van der Waals surface area contributed by atoms with Gasteiger partial charge in [0.1, 0.15) is 11.6 Å². The largest absolute Gasteiger partial charge is 0.418 e. The topological polar surface area (TPSA) is 104 Å². The van der Waals surface area contributed by atoms with Crippen LogP contribution >= 0.6 is 0 Å². The van der Waals surface area contributed by atoms with Gasteiger partial charge in [-0.05, 0) is 38.1 Å². The van der Waals surface area contributed by atoms with Crippen LogP contribution in [0.4, 0.5) is 10.6 Å². The number of nitrogens with one attached hydrogen (secondary N) is 3.